The molecular formula is C21H21N5O2. The zero-order valence-electron chi connectivity index (χ0n) is 15.5. The van der Waals surface area contributed by atoms with Crippen LogP contribution in [-0.4, -0.2) is 46.9 Å². The maximum absolute atomic E-state index is 12.5. The first-order valence-electron chi connectivity index (χ1n) is 9.61. The van der Waals surface area contributed by atoms with Crippen LogP contribution in [0.15, 0.2) is 53.4 Å². The summed E-state index contributed by atoms with van der Waals surface area (Å²) in [5.74, 6) is 2.70. The lowest BCUT2D eigenvalue weighted by Crippen LogP contribution is -2.47. The average Bonchev–Trinajstić information content (AvgIpc) is 3.29. The summed E-state index contributed by atoms with van der Waals surface area (Å²) in [6.45, 7) is 3.38. The van der Waals surface area contributed by atoms with Gasteiger partial charge in [0.05, 0.1) is 17.5 Å². The van der Waals surface area contributed by atoms with Crippen molar-refractivity contribution in [2.75, 3.05) is 36.0 Å². The number of anilines is 2. The standard InChI is InChI=1S/C21H21N5O2/c27-18-13-15(19-4-3-11-28-19)12-17-16(18)14-23-21(24-17)26-9-7-25(8-10-26)20-5-1-2-6-22-20/h1-6,11,14-15H,7-10,12-13H2/t15-/m0/s1. The molecule has 3 aromatic rings. The first-order chi connectivity index (χ1) is 13.8. The molecule has 0 amide bonds. The number of carbonyl (C=O) groups is 1. The number of pyridine rings is 1. The Morgan fingerprint density at radius 3 is 2.57 bits per heavy atom. The zero-order valence-corrected chi connectivity index (χ0v) is 15.5. The van der Waals surface area contributed by atoms with Gasteiger partial charge in [0.25, 0.3) is 0 Å². The Morgan fingerprint density at radius 1 is 0.964 bits per heavy atom. The molecule has 1 saturated heterocycles. The van der Waals surface area contributed by atoms with Gasteiger partial charge in [-0.1, -0.05) is 6.07 Å². The van der Waals surface area contributed by atoms with E-state index in [0.717, 1.165) is 43.5 Å². The average molecular weight is 375 g/mol. The van der Waals surface area contributed by atoms with Crippen molar-refractivity contribution in [3.05, 3.63) is 66.0 Å². The molecule has 4 heterocycles. The largest absolute Gasteiger partial charge is 0.469 e. The fourth-order valence-corrected chi connectivity index (χ4v) is 3.99. The van der Waals surface area contributed by atoms with Crippen molar-refractivity contribution in [1.82, 2.24) is 15.0 Å². The van der Waals surface area contributed by atoms with Gasteiger partial charge in [-0.25, -0.2) is 15.0 Å². The minimum absolute atomic E-state index is 0.0544. The van der Waals surface area contributed by atoms with Gasteiger partial charge in [-0.2, -0.15) is 0 Å². The van der Waals surface area contributed by atoms with E-state index < -0.39 is 0 Å². The van der Waals surface area contributed by atoms with Crippen LogP contribution >= 0.6 is 0 Å². The Morgan fingerprint density at radius 2 is 1.82 bits per heavy atom. The predicted octanol–water partition coefficient (Wildman–Crippen LogP) is 2.70. The molecule has 0 saturated carbocycles. The van der Waals surface area contributed by atoms with Gasteiger partial charge in [0.1, 0.15) is 11.6 Å². The lowest BCUT2D eigenvalue weighted by molar-refractivity contribution is 0.0958. The van der Waals surface area contributed by atoms with Crippen LogP contribution in [-0.2, 0) is 6.42 Å². The van der Waals surface area contributed by atoms with Gasteiger partial charge in [-0.05, 0) is 24.3 Å². The van der Waals surface area contributed by atoms with Crippen LogP contribution in [0.3, 0.4) is 0 Å². The highest BCUT2D eigenvalue weighted by atomic mass is 16.3. The summed E-state index contributed by atoms with van der Waals surface area (Å²) < 4.78 is 5.52. The van der Waals surface area contributed by atoms with Gasteiger partial charge in [-0.3, -0.25) is 4.79 Å². The number of rotatable bonds is 3. The molecule has 142 valence electrons. The molecule has 3 aromatic heterocycles. The molecule has 7 nitrogen and oxygen atoms in total. The summed E-state index contributed by atoms with van der Waals surface area (Å²) in [5.41, 5.74) is 1.48. The Labute approximate surface area is 163 Å². The molecule has 1 aliphatic carbocycles. The van der Waals surface area contributed by atoms with E-state index >= 15 is 0 Å². The first kappa shape index (κ1) is 16.9. The minimum atomic E-state index is 0.0544. The van der Waals surface area contributed by atoms with Crippen LogP contribution in [0.25, 0.3) is 0 Å². The van der Waals surface area contributed by atoms with Crippen LogP contribution in [0.1, 0.15) is 34.2 Å². The second-order valence-electron chi connectivity index (χ2n) is 7.24. The van der Waals surface area contributed by atoms with E-state index in [2.05, 4.69) is 19.8 Å². The van der Waals surface area contributed by atoms with E-state index in [1.165, 1.54) is 0 Å². The lowest BCUT2D eigenvalue weighted by Gasteiger charge is -2.35. The number of ketones is 1. The van der Waals surface area contributed by atoms with Crippen LogP contribution in [0.5, 0.6) is 0 Å². The molecule has 28 heavy (non-hydrogen) atoms. The molecule has 0 radical (unpaired) electrons. The third-order valence-electron chi connectivity index (χ3n) is 5.51. The number of aromatic nitrogens is 3. The molecule has 5 rings (SSSR count). The number of furan rings is 1. The van der Waals surface area contributed by atoms with Gasteiger partial charge in [0.2, 0.25) is 5.95 Å². The van der Waals surface area contributed by atoms with E-state index in [1.54, 1.807) is 12.5 Å². The molecular weight excluding hydrogens is 354 g/mol. The molecule has 0 unspecified atom stereocenters. The second kappa shape index (κ2) is 7.07. The first-order valence-corrected chi connectivity index (χ1v) is 9.61. The topological polar surface area (TPSA) is 75.4 Å². The number of carbonyl (C=O) groups excluding carboxylic acids is 1. The SMILES string of the molecule is O=C1C[C@@H](c2ccco2)Cc2nc(N3CCN(c4ccccn4)CC3)ncc21. The van der Waals surface area contributed by atoms with Crippen molar-refractivity contribution in [1.29, 1.82) is 0 Å². The van der Waals surface area contributed by atoms with Gasteiger partial charge < -0.3 is 14.2 Å². The van der Waals surface area contributed by atoms with E-state index in [0.29, 0.717) is 24.4 Å². The van der Waals surface area contributed by atoms with Crippen molar-refractivity contribution in [2.45, 2.75) is 18.8 Å². The fourth-order valence-electron chi connectivity index (χ4n) is 3.99. The maximum atomic E-state index is 12.5. The number of hydrogen-bond acceptors (Lipinski definition) is 7. The Balaban J connectivity index is 1.33. The highest BCUT2D eigenvalue weighted by Gasteiger charge is 2.30. The van der Waals surface area contributed by atoms with Gasteiger partial charge >= 0.3 is 0 Å². The molecule has 2 aliphatic rings. The van der Waals surface area contributed by atoms with Crippen LogP contribution in [0, 0.1) is 0 Å². The van der Waals surface area contributed by atoms with Gasteiger partial charge in [0, 0.05) is 57.3 Å². The van der Waals surface area contributed by atoms with Crippen molar-refractivity contribution in [2.24, 2.45) is 0 Å². The van der Waals surface area contributed by atoms with Crippen LogP contribution in [0.2, 0.25) is 0 Å². The summed E-state index contributed by atoms with van der Waals surface area (Å²) in [5, 5.41) is 0. The van der Waals surface area contributed by atoms with E-state index in [9.17, 15) is 4.79 Å². The quantitative estimate of drug-likeness (QED) is 0.697. The summed E-state index contributed by atoms with van der Waals surface area (Å²) in [6, 6.07) is 9.76. The second-order valence-corrected chi connectivity index (χ2v) is 7.24. The summed E-state index contributed by atoms with van der Waals surface area (Å²) in [7, 11) is 0. The molecule has 0 spiro atoms. The molecule has 1 atom stereocenters. The van der Waals surface area contributed by atoms with Crippen molar-refractivity contribution < 1.29 is 9.21 Å². The lowest BCUT2D eigenvalue weighted by atomic mass is 9.85. The number of fused-ring (bicyclic) bond motifs is 1. The fraction of sp³-hybridized carbons (Fsp3) is 0.333. The molecule has 0 bridgehead atoms. The van der Waals surface area contributed by atoms with E-state index in [-0.39, 0.29) is 11.7 Å². The van der Waals surface area contributed by atoms with E-state index in [1.807, 2.05) is 36.5 Å². The Bertz CT molecular complexity index is 966. The summed E-state index contributed by atoms with van der Waals surface area (Å²) in [6.07, 6.45) is 6.33. The third kappa shape index (κ3) is 3.13. The van der Waals surface area contributed by atoms with Crippen LogP contribution in [0.4, 0.5) is 11.8 Å². The molecule has 1 fully saturated rings. The Kier molecular flexibility index (Phi) is 4.27. The minimum Gasteiger partial charge on any atom is -0.469 e. The molecule has 1 aliphatic heterocycles. The monoisotopic (exact) mass is 375 g/mol. The van der Waals surface area contributed by atoms with Gasteiger partial charge in [-0.15, -0.1) is 0 Å². The van der Waals surface area contributed by atoms with Gasteiger partial charge in [0.15, 0.2) is 5.78 Å². The number of hydrogen-bond donors (Lipinski definition) is 0. The van der Waals surface area contributed by atoms with Crippen molar-refractivity contribution in [3.63, 3.8) is 0 Å². The normalized spacial score (nSPS) is 19.6. The predicted molar refractivity (Wildman–Crippen MR) is 105 cm³/mol. The number of nitrogens with zero attached hydrogens (tertiary/aromatic N) is 5. The van der Waals surface area contributed by atoms with Crippen molar-refractivity contribution in [3.8, 4) is 0 Å². The highest BCUT2D eigenvalue weighted by molar-refractivity contribution is 5.98. The van der Waals surface area contributed by atoms with Crippen molar-refractivity contribution >= 4 is 17.5 Å². The number of Topliss-reactive ketones (excluding diaryl/α,β-unsaturated/α-hetero) is 1. The third-order valence-corrected chi connectivity index (χ3v) is 5.51. The highest BCUT2D eigenvalue weighted by Crippen LogP contribution is 2.32. The maximum Gasteiger partial charge on any atom is 0.225 e. The molecule has 0 N–H and O–H groups in total. The van der Waals surface area contributed by atoms with E-state index in [4.69, 9.17) is 9.40 Å². The number of piperazine rings is 1. The summed E-state index contributed by atoms with van der Waals surface area (Å²) in [4.78, 5) is 30.7. The molecule has 7 heteroatoms. The summed E-state index contributed by atoms with van der Waals surface area (Å²) >= 11 is 0. The van der Waals surface area contributed by atoms with Crippen LogP contribution < -0.4 is 9.80 Å². The smallest absolute Gasteiger partial charge is 0.225 e. The molecule has 0 aromatic carbocycles. The zero-order chi connectivity index (χ0) is 18.9. The Hall–Kier alpha value is -3.22.